The van der Waals surface area contributed by atoms with Gasteiger partial charge in [-0.15, -0.1) is 0 Å². The maximum Gasteiger partial charge on any atom is 0.257 e. The van der Waals surface area contributed by atoms with Crippen molar-refractivity contribution in [3.8, 4) is 11.4 Å². The first-order chi connectivity index (χ1) is 18.6. The molecule has 11 heteroatoms. The number of anilines is 4. The van der Waals surface area contributed by atoms with E-state index in [1.165, 1.54) is 6.20 Å². The Hall–Kier alpha value is -4.12. The molecule has 1 aliphatic rings. The normalized spacial score (nSPS) is 13.8. The van der Waals surface area contributed by atoms with Gasteiger partial charge in [0.05, 0.1) is 12.2 Å². The number of nitrogens with zero attached hydrogens (tertiary/aromatic N) is 6. The number of pyridine rings is 1. The van der Waals surface area contributed by atoms with E-state index < -0.39 is 0 Å². The number of β-amino-alcohol motifs (C(OH)–C–C–N with tert-alkyl or cyclic N) is 1. The zero-order valence-corrected chi connectivity index (χ0v) is 21.3. The molecule has 0 saturated carbocycles. The van der Waals surface area contributed by atoms with Crippen LogP contribution in [0.25, 0.3) is 11.4 Å². The SMILES string of the molecule is O=C(Nc1ccccc1)c1ccc(Nc2nc(-c3cccc(Cl)c3)nc(N3CCN(CCO)CC3)n2)nc1. The van der Waals surface area contributed by atoms with Crippen molar-refractivity contribution < 1.29 is 9.90 Å². The van der Waals surface area contributed by atoms with E-state index in [-0.39, 0.29) is 12.5 Å². The summed E-state index contributed by atoms with van der Waals surface area (Å²) < 4.78 is 0. The van der Waals surface area contributed by atoms with Gasteiger partial charge < -0.3 is 20.6 Å². The molecule has 3 heterocycles. The first-order valence-corrected chi connectivity index (χ1v) is 12.6. The molecule has 5 rings (SSSR count). The maximum atomic E-state index is 12.6. The average molecular weight is 531 g/mol. The molecule has 1 fully saturated rings. The number of nitrogens with one attached hydrogen (secondary N) is 2. The number of hydrogen-bond acceptors (Lipinski definition) is 9. The third-order valence-corrected chi connectivity index (χ3v) is 6.31. The van der Waals surface area contributed by atoms with Crippen molar-refractivity contribution in [1.82, 2.24) is 24.8 Å². The van der Waals surface area contributed by atoms with Crippen molar-refractivity contribution in [1.29, 1.82) is 0 Å². The molecule has 3 N–H and O–H groups in total. The fraction of sp³-hybridized carbons (Fsp3) is 0.222. The molecule has 38 heavy (non-hydrogen) atoms. The molecule has 0 bridgehead atoms. The van der Waals surface area contributed by atoms with Crippen molar-refractivity contribution in [2.24, 2.45) is 0 Å². The molecule has 1 amide bonds. The first-order valence-electron chi connectivity index (χ1n) is 12.3. The lowest BCUT2D eigenvalue weighted by molar-refractivity contribution is 0.102. The number of aliphatic hydroxyl groups is 1. The summed E-state index contributed by atoms with van der Waals surface area (Å²) in [6.45, 7) is 3.84. The molecule has 0 radical (unpaired) electrons. The van der Waals surface area contributed by atoms with Crippen LogP contribution in [-0.2, 0) is 0 Å². The molecular formula is C27H27ClN8O2. The summed E-state index contributed by atoms with van der Waals surface area (Å²) in [5, 5.41) is 15.8. The van der Waals surface area contributed by atoms with Crippen molar-refractivity contribution in [2.45, 2.75) is 0 Å². The molecule has 1 aliphatic heterocycles. The second-order valence-corrected chi connectivity index (χ2v) is 9.16. The molecule has 10 nitrogen and oxygen atoms in total. The summed E-state index contributed by atoms with van der Waals surface area (Å²) in [5.41, 5.74) is 1.91. The fourth-order valence-corrected chi connectivity index (χ4v) is 4.26. The van der Waals surface area contributed by atoms with E-state index in [1.54, 1.807) is 18.2 Å². The van der Waals surface area contributed by atoms with Crippen molar-refractivity contribution in [3.05, 3.63) is 83.5 Å². The highest BCUT2D eigenvalue weighted by Crippen LogP contribution is 2.24. The fourth-order valence-electron chi connectivity index (χ4n) is 4.07. The molecule has 4 aromatic rings. The molecule has 2 aromatic carbocycles. The topological polar surface area (TPSA) is 119 Å². The monoisotopic (exact) mass is 530 g/mol. The quantitative estimate of drug-likeness (QED) is 0.313. The summed E-state index contributed by atoms with van der Waals surface area (Å²) in [4.78, 5) is 35.2. The van der Waals surface area contributed by atoms with Crippen LogP contribution in [0.4, 0.5) is 23.4 Å². The summed E-state index contributed by atoms with van der Waals surface area (Å²) in [6.07, 6.45) is 1.50. The van der Waals surface area contributed by atoms with Gasteiger partial charge in [-0.25, -0.2) is 4.98 Å². The number of hydrogen-bond donors (Lipinski definition) is 3. The summed E-state index contributed by atoms with van der Waals surface area (Å²) in [7, 11) is 0. The van der Waals surface area contributed by atoms with E-state index in [1.807, 2.05) is 48.5 Å². The number of amides is 1. The Labute approximate surface area is 225 Å². The zero-order valence-electron chi connectivity index (χ0n) is 20.6. The Morgan fingerprint density at radius 1 is 0.947 bits per heavy atom. The van der Waals surface area contributed by atoms with Crippen molar-refractivity contribution >= 4 is 40.9 Å². The van der Waals surface area contributed by atoms with Crippen LogP contribution in [-0.4, -0.2) is 75.2 Å². The number of rotatable bonds is 8. The number of benzene rings is 2. The van der Waals surface area contributed by atoms with Crippen molar-refractivity contribution in [3.63, 3.8) is 0 Å². The molecule has 0 unspecified atom stereocenters. The summed E-state index contributed by atoms with van der Waals surface area (Å²) >= 11 is 6.22. The van der Waals surface area contributed by atoms with Crippen LogP contribution < -0.4 is 15.5 Å². The van der Waals surface area contributed by atoms with E-state index in [0.717, 1.165) is 31.7 Å². The van der Waals surface area contributed by atoms with E-state index in [9.17, 15) is 9.90 Å². The molecule has 0 aliphatic carbocycles. The predicted molar refractivity (Wildman–Crippen MR) is 148 cm³/mol. The third-order valence-electron chi connectivity index (χ3n) is 6.07. The number of aromatic nitrogens is 4. The predicted octanol–water partition coefficient (Wildman–Crippen LogP) is 3.70. The van der Waals surface area contributed by atoms with Crippen LogP contribution in [0.5, 0.6) is 0 Å². The minimum absolute atomic E-state index is 0.137. The van der Waals surface area contributed by atoms with Crippen LogP contribution in [0.1, 0.15) is 10.4 Å². The number of halogens is 1. The largest absolute Gasteiger partial charge is 0.395 e. The second kappa shape index (κ2) is 12.0. The number of carbonyl (C=O) groups is 1. The highest BCUT2D eigenvalue weighted by atomic mass is 35.5. The first kappa shape index (κ1) is 25.5. The Morgan fingerprint density at radius 2 is 1.76 bits per heavy atom. The summed E-state index contributed by atoms with van der Waals surface area (Å²) in [6, 6.07) is 20.0. The van der Waals surface area contributed by atoms with Gasteiger partial charge in [0.25, 0.3) is 5.91 Å². The highest BCUT2D eigenvalue weighted by molar-refractivity contribution is 6.30. The van der Waals surface area contributed by atoms with E-state index in [4.69, 9.17) is 16.6 Å². The van der Waals surface area contributed by atoms with Crippen LogP contribution >= 0.6 is 11.6 Å². The number of aliphatic hydroxyl groups excluding tert-OH is 1. The van der Waals surface area contributed by atoms with Crippen LogP contribution in [0.15, 0.2) is 72.9 Å². The van der Waals surface area contributed by atoms with Gasteiger partial charge in [-0.3, -0.25) is 9.69 Å². The van der Waals surface area contributed by atoms with Gasteiger partial charge in [0.15, 0.2) is 5.82 Å². The van der Waals surface area contributed by atoms with Gasteiger partial charge in [0, 0.05) is 55.2 Å². The number of para-hydroxylation sites is 1. The molecule has 194 valence electrons. The second-order valence-electron chi connectivity index (χ2n) is 8.72. The standard InChI is InChI=1S/C27H27ClN8O2/c28-21-6-4-5-19(17-21)24-32-26(34-27(33-24)36-13-11-35(12-14-36)15-16-37)31-23-10-9-20(18-29-23)25(38)30-22-7-2-1-3-8-22/h1-10,17-18,37H,11-16H2,(H,30,38)(H,29,31,32,33,34). The van der Waals surface area contributed by atoms with Crippen LogP contribution in [0, 0.1) is 0 Å². The van der Waals surface area contributed by atoms with E-state index in [2.05, 4.69) is 35.4 Å². The lowest BCUT2D eigenvalue weighted by Crippen LogP contribution is -2.47. The smallest absolute Gasteiger partial charge is 0.257 e. The van der Waals surface area contributed by atoms with E-state index >= 15 is 0 Å². The Morgan fingerprint density at radius 3 is 2.47 bits per heavy atom. The lowest BCUT2D eigenvalue weighted by Gasteiger charge is -2.34. The zero-order chi connectivity index (χ0) is 26.3. The molecule has 0 atom stereocenters. The Bertz CT molecular complexity index is 1380. The minimum atomic E-state index is -0.249. The van der Waals surface area contributed by atoms with Gasteiger partial charge in [0.1, 0.15) is 5.82 Å². The van der Waals surface area contributed by atoms with Gasteiger partial charge >= 0.3 is 0 Å². The summed E-state index contributed by atoms with van der Waals surface area (Å²) in [5.74, 6) is 1.60. The number of carbonyl (C=O) groups excluding carboxylic acids is 1. The van der Waals surface area contributed by atoms with Crippen LogP contribution in [0.2, 0.25) is 5.02 Å². The van der Waals surface area contributed by atoms with Gasteiger partial charge in [-0.05, 0) is 36.4 Å². The van der Waals surface area contributed by atoms with Gasteiger partial charge in [0.2, 0.25) is 11.9 Å². The third kappa shape index (κ3) is 6.41. The minimum Gasteiger partial charge on any atom is -0.395 e. The molecule has 1 saturated heterocycles. The Kier molecular flexibility index (Phi) is 8.03. The van der Waals surface area contributed by atoms with Gasteiger partial charge in [-0.1, -0.05) is 41.9 Å². The van der Waals surface area contributed by atoms with Crippen molar-refractivity contribution in [2.75, 3.05) is 54.9 Å². The van der Waals surface area contributed by atoms with E-state index in [0.29, 0.717) is 46.4 Å². The van der Waals surface area contributed by atoms with Crippen LogP contribution in [0.3, 0.4) is 0 Å². The molecule has 0 spiro atoms. The molecular weight excluding hydrogens is 504 g/mol. The Balaban J connectivity index is 1.36. The maximum absolute atomic E-state index is 12.6. The van der Waals surface area contributed by atoms with Gasteiger partial charge in [-0.2, -0.15) is 15.0 Å². The average Bonchev–Trinajstić information content (AvgIpc) is 2.94. The highest BCUT2D eigenvalue weighted by Gasteiger charge is 2.21. The molecule has 2 aromatic heterocycles. The number of piperazine rings is 1. The lowest BCUT2D eigenvalue weighted by atomic mass is 10.2.